The van der Waals surface area contributed by atoms with Crippen LogP contribution in [-0.2, 0) is 16.1 Å². The topological polar surface area (TPSA) is 57.6 Å². The second-order valence-corrected chi connectivity index (χ2v) is 6.14. The number of thiophene rings is 1. The molecule has 0 spiro atoms. The molecule has 21 heavy (non-hydrogen) atoms. The minimum atomic E-state index is -0.890. The number of hydrogen-bond acceptors (Lipinski definition) is 3. The summed E-state index contributed by atoms with van der Waals surface area (Å²) >= 11 is 1.69. The van der Waals surface area contributed by atoms with Crippen LogP contribution >= 0.6 is 11.3 Å². The number of nitrogens with zero attached hydrogens (tertiary/aromatic N) is 1. The predicted molar refractivity (Wildman–Crippen MR) is 80.9 cm³/mol. The smallest absolute Gasteiger partial charge is 0.308 e. The highest BCUT2D eigenvalue weighted by Gasteiger charge is 2.33. The number of hydrogen-bond donors (Lipinski definition) is 1. The summed E-state index contributed by atoms with van der Waals surface area (Å²) in [5.41, 5.74) is 2.18. The van der Waals surface area contributed by atoms with Gasteiger partial charge in [-0.15, -0.1) is 11.3 Å². The van der Waals surface area contributed by atoms with Crippen molar-refractivity contribution >= 4 is 23.2 Å². The van der Waals surface area contributed by atoms with Gasteiger partial charge in [0.2, 0.25) is 5.91 Å². The SMILES string of the molecule is O=C(O)C1CC(=O)N(Cc2ccc(-c3cccs3)cc2)C1. The number of rotatable bonds is 4. The first-order valence-corrected chi connectivity index (χ1v) is 7.65. The second-order valence-electron chi connectivity index (χ2n) is 5.19. The van der Waals surface area contributed by atoms with E-state index in [1.54, 1.807) is 16.2 Å². The third-order valence-electron chi connectivity index (χ3n) is 3.70. The molecule has 1 fully saturated rings. The number of aliphatic carboxylic acids is 1. The van der Waals surface area contributed by atoms with Gasteiger partial charge in [-0.05, 0) is 22.6 Å². The Morgan fingerprint density at radius 3 is 2.62 bits per heavy atom. The summed E-state index contributed by atoms with van der Waals surface area (Å²) in [7, 11) is 0. The molecule has 1 amide bonds. The first kappa shape index (κ1) is 13.8. The summed E-state index contributed by atoms with van der Waals surface area (Å²) in [5.74, 6) is -1.54. The maximum atomic E-state index is 11.8. The number of carbonyl (C=O) groups is 2. The van der Waals surface area contributed by atoms with Gasteiger partial charge in [0.1, 0.15) is 0 Å². The Bertz CT molecular complexity index is 649. The fourth-order valence-corrected chi connectivity index (χ4v) is 3.26. The van der Waals surface area contributed by atoms with Crippen molar-refractivity contribution in [2.24, 2.45) is 5.92 Å². The molecule has 5 heteroatoms. The van der Waals surface area contributed by atoms with E-state index in [0.29, 0.717) is 13.1 Å². The van der Waals surface area contributed by atoms with E-state index in [4.69, 9.17) is 5.11 Å². The van der Waals surface area contributed by atoms with Crippen molar-refractivity contribution in [1.29, 1.82) is 0 Å². The summed E-state index contributed by atoms with van der Waals surface area (Å²) in [6.07, 6.45) is 0.114. The molecule has 0 saturated carbocycles. The van der Waals surface area contributed by atoms with E-state index in [-0.39, 0.29) is 12.3 Å². The molecule has 0 radical (unpaired) electrons. The third-order valence-corrected chi connectivity index (χ3v) is 4.62. The fourth-order valence-electron chi connectivity index (χ4n) is 2.53. The van der Waals surface area contributed by atoms with Crippen molar-refractivity contribution in [2.45, 2.75) is 13.0 Å². The third kappa shape index (κ3) is 2.97. The van der Waals surface area contributed by atoms with Crippen molar-refractivity contribution in [3.05, 3.63) is 47.3 Å². The molecule has 3 rings (SSSR count). The highest BCUT2D eigenvalue weighted by Crippen LogP contribution is 2.26. The van der Waals surface area contributed by atoms with Crippen LogP contribution in [0, 0.1) is 5.92 Å². The molecular weight excluding hydrogens is 286 g/mol. The van der Waals surface area contributed by atoms with Crippen molar-refractivity contribution in [1.82, 2.24) is 4.90 Å². The molecule has 4 nitrogen and oxygen atoms in total. The fraction of sp³-hybridized carbons (Fsp3) is 0.250. The van der Waals surface area contributed by atoms with E-state index >= 15 is 0 Å². The van der Waals surface area contributed by atoms with Gasteiger partial charge in [0.25, 0.3) is 0 Å². The van der Waals surface area contributed by atoms with Crippen molar-refractivity contribution < 1.29 is 14.7 Å². The van der Waals surface area contributed by atoms with Crippen LogP contribution in [0.5, 0.6) is 0 Å². The lowest BCUT2D eigenvalue weighted by atomic mass is 10.1. The van der Waals surface area contributed by atoms with E-state index in [1.807, 2.05) is 35.7 Å². The van der Waals surface area contributed by atoms with Crippen molar-refractivity contribution in [2.75, 3.05) is 6.54 Å². The number of amides is 1. The molecule has 1 aromatic heterocycles. The summed E-state index contributed by atoms with van der Waals surface area (Å²) in [6.45, 7) is 0.786. The lowest BCUT2D eigenvalue weighted by molar-refractivity contribution is -0.141. The average molecular weight is 301 g/mol. The molecular formula is C16H15NO3S. The van der Waals surface area contributed by atoms with Crippen LogP contribution < -0.4 is 0 Å². The molecule has 1 N–H and O–H groups in total. The highest BCUT2D eigenvalue weighted by atomic mass is 32.1. The maximum Gasteiger partial charge on any atom is 0.308 e. The quantitative estimate of drug-likeness (QED) is 0.944. The molecule has 0 aliphatic carbocycles. The zero-order valence-electron chi connectivity index (χ0n) is 11.4. The average Bonchev–Trinajstić information content (AvgIpc) is 3.10. The Balaban J connectivity index is 1.68. The van der Waals surface area contributed by atoms with E-state index < -0.39 is 11.9 Å². The summed E-state index contributed by atoms with van der Waals surface area (Å²) in [5, 5.41) is 11.0. The number of likely N-dealkylation sites (tertiary alicyclic amines) is 1. The van der Waals surface area contributed by atoms with Gasteiger partial charge in [0.05, 0.1) is 5.92 Å². The molecule has 1 aliphatic rings. The van der Waals surface area contributed by atoms with Gasteiger partial charge in [-0.1, -0.05) is 30.3 Å². The lowest BCUT2D eigenvalue weighted by Gasteiger charge is -2.16. The number of carboxylic acids is 1. The molecule has 1 aromatic carbocycles. The first-order valence-electron chi connectivity index (χ1n) is 6.77. The molecule has 1 saturated heterocycles. The Morgan fingerprint density at radius 1 is 1.29 bits per heavy atom. The molecule has 108 valence electrons. The molecule has 0 bridgehead atoms. The standard InChI is InChI=1S/C16H15NO3S/c18-15-8-13(16(19)20)10-17(15)9-11-3-5-12(6-4-11)14-2-1-7-21-14/h1-7,13H,8-10H2,(H,19,20). The van der Waals surface area contributed by atoms with Crippen LogP contribution in [0.1, 0.15) is 12.0 Å². The van der Waals surface area contributed by atoms with Gasteiger partial charge in [0.15, 0.2) is 0 Å². The minimum absolute atomic E-state index is 0.0790. The van der Waals surface area contributed by atoms with E-state index in [0.717, 1.165) is 11.1 Å². The highest BCUT2D eigenvalue weighted by molar-refractivity contribution is 7.13. The zero-order valence-corrected chi connectivity index (χ0v) is 12.2. The molecule has 1 unspecified atom stereocenters. The molecule has 1 atom stereocenters. The second kappa shape index (κ2) is 5.69. The van der Waals surface area contributed by atoms with Crippen molar-refractivity contribution in [3.63, 3.8) is 0 Å². The minimum Gasteiger partial charge on any atom is -0.481 e. The Labute approximate surface area is 126 Å². The van der Waals surface area contributed by atoms with Gasteiger partial charge >= 0.3 is 5.97 Å². The van der Waals surface area contributed by atoms with Gasteiger partial charge in [-0.2, -0.15) is 0 Å². The van der Waals surface area contributed by atoms with Gasteiger partial charge in [-0.25, -0.2) is 0 Å². The van der Waals surface area contributed by atoms with Crippen molar-refractivity contribution in [3.8, 4) is 10.4 Å². The van der Waals surface area contributed by atoms with Crippen LogP contribution in [0.15, 0.2) is 41.8 Å². The predicted octanol–water partition coefficient (Wildman–Crippen LogP) is 2.85. The number of benzene rings is 1. The first-order chi connectivity index (χ1) is 10.1. The monoisotopic (exact) mass is 301 g/mol. The summed E-state index contributed by atoms with van der Waals surface area (Å²) < 4.78 is 0. The van der Waals surface area contributed by atoms with Crippen LogP contribution in [0.25, 0.3) is 10.4 Å². The molecule has 1 aliphatic heterocycles. The van der Waals surface area contributed by atoms with Crippen LogP contribution in [0.2, 0.25) is 0 Å². The summed E-state index contributed by atoms with van der Waals surface area (Å²) in [4.78, 5) is 25.6. The van der Waals surface area contributed by atoms with Crippen LogP contribution in [0.4, 0.5) is 0 Å². The number of carboxylic acid groups (broad SMARTS) is 1. The van der Waals surface area contributed by atoms with E-state index in [9.17, 15) is 9.59 Å². The van der Waals surface area contributed by atoms with E-state index in [2.05, 4.69) is 6.07 Å². The summed E-state index contributed by atoms with van der Waals surface area (Å²) in [6, 6.07) is 12.2. The zero-order chi connectivity index (χ0) is 14.8. The van der Waals surface area contributed by atoms with Gasteiger partial charge < -0.3 is 10.0 Å². The Kier molecular flexibility index (Phi) is 3.75. The lowest BCUT2D eigenvalue weighted by Crippen LogP contribution is -2.25. The van der Waals surface area contributed by atoms with Gasteiger partial charge in [-0.3, -0.25) is 9.59 Å². The maximum absolute atomic E-state index is 11.8. The van der Waals surface area contributed by atoms with Crippen LogP contribution in [-0.4, -0.2) is 28.4 Å². The Morgan fingerprint density at radius 2 is 2.05 bits per heavy atom. The van der Waals surface area contributed by atoms with Crippen LogP contribution in [0.3, 0.4) is 0 Å². The number of carbonyl (C=O) groups excluding carboxylic acids is 1. The van der Waals surface area contributed by atoms with E-state index in [1.165, 1.54) is 4.88 Å². The molecule has 2 heterocycles. The largest absolute Gasteiger partial charge is 0.481 e. The van der Waals surface area contributed by atoms with Gasteiger partial charge in [0, 0.05) is 24.4 Å². The normalized spacial score (nSPS) is 18.2. The Hall–Kier alpha value is -2.14. The molecule has 2 aromatic rings.